The number of nitrogens with one attached hydrogen (secondary N) is 1. The third-order valence-corrected chi connectivity index (χ3v) is 1.90. The van der Waals surface area contributed by atoms with E-state index in [4.69, 9.17) is 5.41 Å². The van der Waals surface area contributed by atoms with Gasteiger partial charge in [-0.1, -0.05) is 60.7 Å². The average molecular weight is 228 g/mol. The molecule has 3 heteroatoms. The van der Waals surface area contributed by atoms with Crippen molar-refractivity contribution in [3.8, 4) is 0 Å². The minimum Gasteiger partial charge on any atom is -0.344 e. The molecular formula is C14H16N2O. The molecule has 2 rings (SSSR count). The summed E-state index contributed by atoms with van der Waals surface area (Å²) in [6, 6.07) is 18.7. The normalized spacial score (nSPS) is 8.00. The smallest absolute Gasteiger partial charge is 0.150 e. The maximum absolute atomic E-state index is 10.0. The fourth-order valence-electron chi connectivity index (χ4n) is 1.08. The maximum atomic E-state index is 10.0. The first-order valence-electron chi connectivity index (χ1n) is 4.92. The minimum absolute atomic E-state index is 0. The molecule has 0 amide bonds. The molecule has 2 aromatic carbocycles. The first kappa shape index (κ1) is 14.7. The molecule has 2 aromatic rings. The molecule has 0 aliphatic rings. The van der Waals surface area contributed by atoms with Gasteiger partial charge in [0.25, 0.3) is 0 Å². The van der Waals surface area contributed by atoms with Crippen LogP contribution in [0.25, 0.3) is 0 Å². The number of hydrogen-bond donors (Lipinski definition) is 2. The highest BCUT2D eigenvalue weighted by Crippen LogP contribution is 1.92. The van der Waals surface area contributed by atoms with Gasteiger partial charge < -0.3 is 11.6 Å². The van der Waals surface area contributed by atoms with E-state index in [1.807, 2.05) is 48.5 Å². The number of carbonyl (C=O) groups is 1. The fourth-order valence-corrected chi connectivity index (χ4v) is 1.08. The highest BCUT2D eigenvalue weighted by atomic mass is 16.1. The third kappa shape index (κ3) is 6.02. The molecule has 4 N–H and O–H groups in total. The van der Waals surface area contributed by atoms with Crippen molar-refractivity contribution in [3.05, 3.63) is 71.8 Å². The summed E-state index contributed by atoms with van der Waals surface area (Å²) in [4.78, 5) is 10.0. The fraction of sp³-hybridized carbons (Fsp3) is 0. The molecule has 0 saturated carbocycles. The van der Waals surface area contributed by atoms with E-state index >= 15 is 0 Å². The number of aldehydes is 1. The second-order valence-corrected chi connectivity index (χ2v) is 3.08. The largest absolute Gasteiger partial charge is 0.344 e. The van der Waals surface area contributed by atoms with Crippen molar-refractivity contribution in [2.45, 2.75) is 0 Å². The van der Waals surface area contributed by atoms with Gasteiger partial charge in [-0.15, -0.1) is 0 Å². The zero-order valence-corrected chi connectivity index (χ0v) is 9.54. The molecule has 0 unspecified atom stereocenters. The summed E-state index contributed by atoms with van der Waals surface area (Å²) in [5.41, 5.74) is 1.68. The lowest BCUT2D eigenvalue weighted by Crippen LogP contribution is -1.73. The van der Waals surface area contributed by atoms with Crippen LogP contribution < -0.4 is 6.15 Å². The number of carbonyl (C=O) groups excluding carboxylic acids is 1. The third-order valence-electron chi connectivity index (χ3n) is 1.90. The Morgan fingerprint density at radius 2 is 1.18 bits per heavy atom. The molecule has 88 valence electrons. The molecule has 0 spiro atoms. The Morgan fingerprint density at radius 1 is 0.765 bits per heavy atom. The van der Waals surface area contributed by atoms with Crippen LogP contribution in [0, 0.1) is 5.41 Å². The average Bonchev–Trinajstić information content (AvgIpc) is 2.41. The van der Waals surface area contributed by atoms with E-state index in [0.29, 0.717) is 0 Å². The van der Waals surface area contributed by atoms with Crippen molar-refractivity contribution >= 4 is 12.5 Å². The lowest BCUT2D eigenvalue weighted by atomic mass is 10.2. The van der Waals surface area contributed by atoms with Crippen LogP contribution in [0.15, 0.2) is 60.7 Å². The zero-order valence-electron chi connectivity index (χ0n) is 9.54. The van der Waals surface area contributed by atoms with Crippen molar-refractivity contribution < 1.29 is 4.79 Å². The standard InChI is InChI=1S/C7H7N.C7H6O.H3N/c2*8-6-7-4-2-1-3-5-7;/h1-6,8H;1-6H;1H3. The molecule has 0 aliphatic heterocycles. The topological polar surface area (TPSA) is 75.9 Å². The van der Waals surface area contributed by atoms with Crippen LogP contribution in [0.5, 0.6) is 0 Å². The Morgan fingerprint density at radius 3 is 1.41 bits per heavy atom. The van der Waals surface area contributed by atoms with Gasteiger partial charge in [0, 0.05) is 11.8 Å². The Bertz CT molecular complexity index is 383. The quantitative estimate of drug-likeness (QED) is 0.611. The highest BCUT2D eigenvalue weighted by molar-refractivity contribution is 5.76. The van der Waals surface area contributed by atoms with Gasteiger partial charge >= 0.3 is 0 Å². The van der Waals surface area contributed by atoms with E-state index in [9.17, 15) is 4.79 Å². The van der Waals surface area contributed by atoms with Gasteiger partial charge in [-0.05, 0) is 5.56 Å². The molecule has 0 radical (unpaired) electrons. The predicted molar refractivity (Wildman–Crippen MR) is 71.2 cm³/mol. The van der Waals surface area contributed by atoms with E-state index < -0.39 is 0 Å². The summed E-state index contributed by atoms with van der Waals surface area (Å²) >= 11 is 0. The van der Waals surface area contributed by atoms with E-state index in [1.165, 1.54) is 6.21 Å². The highest BCUT2D eigenvalue weighted by Gasteiger charge is 1.80. The minimum atomic E-state index is 0. The Hall–Kier alpha value is -2.26. The van der Waals surface area contributed by atoms with Crippen LogP contribution in [-0.4, -0.2) is 12.5 Å². The summed E-state index contributed by atoms with van der Waals surface area (Å²) in [7, 11) is 0. The summed E-state index contributed by atoms with van der Waals surface area (Å²) in [5, 5.41) is 6.82. The van der Waals surface area contributed by atoms with Crippen molar-refractivity contribution in [2.24, 2.45) is 0 Å². The van der Waals surface area contributed by atoms with Crippen molar-refractivity contribution in [2.75, 3.05) is 0 Å². The summed E-state index contributed by atoms with van der Waals surface area (Å²) in [6.45, 7) is 0. The second-order valence-electron chi connectivity index (χ2n) is 3.08. The van der Waals surface area contributed by atoms with Gasteiger partial charge in [0.05, 0.1) is 0 Å². The predicted octanol–water partition coefficient (Wildman–Crippen LogP) is 3.35. The van der Waals surface area contributed by atoms with Gasteiger partial charge in [-0.3, -0.25) is 4.79 Å². The monoisotopic (exact) mass is 228 g/mol. The molecule has 0 aromatic heterocycles. The number of hydrogen-bond acceptors (Lipinski definition) is 3. The summed E-state index contributed by atoms with van der Waals surface area (Å²) in [6.07, 6.45) is 2.17. The van der Waals surface area contributed by atoms with Crippen LogP contribution in [0.1, 0.15) is 15.9 Å². The molecule has 17 heavy (non-hydrogen) atoms. The van der Waals surface area contributed by atoms with Crippen molar-refractivity contribution in [1.82, 2.24) is 6.15 Å². The molecule has 0 aliphatic carbocycles. The molecule has 0 fully saturated rings. The molecule has 0 atom stereocenters. The van der Waals surface area contributed by atoms with Crippen LogP contribution >= 0.6 is 0 Å². The lowest BCUT2D eigenvalue weighted by Gasteiger charge is -1.84. The molecule has 3 nitrogen and oxygen atoms in total. The summed E-state index contributed by atoms with van der Waals surface area (Å²) in [5.74, 6) is 0. The maximum Gasteiger partial charge on any atom is 0.150 e. The second kappa shape index (κ2) is 9.00. The van der Waals surface area contributed by atoms with E-state index in [-0.39, 0.29) is 6.15 Å². The molecule has 0 saturated heterocycles. The first-order valence-corrected chi connectivity index (χ1v) is 4.92. The van der Waals surface area contributed by atoms with Crippen LogP contribution in [0.4, 0.5) is 0 Å². The zero-order chi connectivity index (χ0) is 11.6. The van der Waals surface area contributed by atoms with Crippen molar-refractivity contribution in [1.29, 1.82) is 5.41 Å². The Balaban J connectivity index is 0.000000284. The van der Waals surface area contributed by atoms with Crippen LogP contribution in [0.2, 0.25) is 0 Å². The SMILES string of the molecule is N.N=Cc1ccccc1.O=Cc1ccccc1. The van der Waals surface area contributed by atoms with Gasteiger partial charge in [-0.25, -0.2) is 0 Å². The van der Waals surface area contributed by atoms with Crippen LogP contribution in [-0.2, 0) is 0 Å². The van der Waals surface area contributed by atoms with Crippen LogP contribution in [0.3, 0.4) is 0 Å². The van der Waals surface area contributed by atoms with Gasteiger partial charge in [0.15, 0.2) is 0 Å². The lowest BCUT2D eigenvalue weighted by molar-refractivity contribution is 0.112. The summed E-state index contributed by atoms with van der Waals surface area (Å²) < 4.78 is 0. The number of benzene rings is 2. The van der Waals surface area contributed by atoms with Gasteiger partial charge in [-0.2, -0.15) is 0 Å². The number of rotatable bonds is 2. The molecular weight excluding hydrogens is 212 g/mol. The van der Waals surface area contributed by atoms with Gasteiger partial charge in [0.2, 0.25) is 0 Å². The van der Waals surface area contributed by atoms with E-state index in [2.05, 4.69) is 0 Å². The molecule has 0 heterocycles. The Kier molecular flexibility index (Phi) is 7.80. The van der Waals surface area contributed by atoms with Gasteiger partial charge in [0.1, 0.15) is 6.29 Å². The van der Waals surface area contributed by atoms with E-state index in [0.717, 1.165) is 17.4 Å². The molecule has 0 bridgehead atoms. The first-order chi connectivity index (χ1) is 7.86. The Labute approximate surface area is 101 Å². The van der Waals surface area contributed by atoms with Crippen molar-refractivity contribution in [3.63, 3.8) is 0 Å². The van der Waals surface area contributed by atoms with E-state index in [1.54, 1.807) is 12.1 Å².